The van der Waals surface area contributed by atoms with Crippen molar-refractivity contribution in [1.29, 1.82) is 0 Å². The molecule has 0 aliphatic heterocycles. The molecular formula is C11H20N4O. The fourth-order valence-corrected chi connectivity index (χ4v) is 1.12. The first-order chi connectivity index (χ1) is 7.46. The standard InChI is InChI=1S/C11H20N4O/c1-5-11(3,4)16-9-7-8(13-6-2)14-10(12)15-9/h7H,5-6H2,1-4H3,(H3,12,13,14,15). The first-order valence-electron chi connectivity index (χ1n) is 5.54. The second kappa shape index (κ2) is 5.01. The van der Waals surface area contributed by atoms with E-state index >= 15 is 0 Å². The summed E-state index contributed by atoms with van der Waals surface area (Å²) in [4.78, 5) is 8.11. The lowest BCUT2D eigenvalue weighted by Gasteiger charge is -2.24. The minimum atomic E-state index is -0.246. The molecule has 0 saturated heterocycles. The predicted molar refractivity (Wildman–Crippen MR) is 65.6 cm³/mol. The highest BCUT2D eigenvalue weighted by Crippen LogP contribution is 2.21. The van der Waals surface area contributed by atoms with Crippen LogP contribution in [0.15, 0.2) is 6.07 Å². The second-order valence-electron chi connectivity index (χ2n) is 4.20. The van der Waals surface area contributed by atoms with Gasteiger partial charge in [0, 0.05) is 12.6 Å². The molecule has 0 fully saturated rings. The van der Waals surface area contributed by atoms with Crippen molar-refractivity contribution in [3.05, 3.63) is 6.07 Å². The van der Waals surface area contributed by atoms with E-state index in [1.807, 2.05) is 20.8 Å². The monoisotopic (exact) mass is 224 g/mol. The van der Waals surface area contributed by atoms with Gasteiger partial charge in [0.2, 0.25) is 11.8 Å². The zero-order valence-corrected chi connectivity index (χ0v) is 10.4. The van der Waals surface area contributed by atoms with Crippen molar-refractivity contribution < 1.29 is 4.74 Å². The molecule has 3 N–H and O–H groups in total. The van der Waals surface area contributed by atoms with Gasteiger partial charge < -0.3 is 15.8 Å². The highest BCUT2D eigenvalue weighted by Gasteiger charge is 2.18. The van der Waals surface area contributed by atoms with E-state index in [9.17, 15) is 0 Å². The highest BCUT2D eigenvalue weighted by molar-refractivity contribution is 5.42. The number of nitrogen functional groups attached to an aromatic ring is 1. The molecule has 1 heterocycles. The summed E-state index contributed by atoms with van der Waals surface area (Å²) in [6.07, 6.45) is 0.896. The van der Waals surface area contributed by atoms with Crippen molar-refractivity contribution in [2.24, 2.45) is 0 Å². The van der Waals surface area contributed by atoms with Gasteiger partial charge in [-0.3, -0.25) is 0 Å². The van der Waals surface area contributed by atoms with E-state index in [1.165, 1.54) is 0 Å². The van der Waals surface area contributed by atoms with Crippen LogP contribution < -0.4 is 15.8 Å². The third-order valence-electron chi connectivity index (χ3n) is 2.31. The number of ether oxygens (including phenoxy) is 1. The summed E-state index contributed by atoms with van der Waals surface area (Å²) in [6.45, 7) is 8.87. The van der Waals surface area contributed by atoms with Crippen LogP contribution >= 0.6 is 0 Å². The Kier molecular flexibility index (Phi) is 3.93. The van der Waals surface area contributed by atoms with Gasteiger partial charge in [0.25, 0.3) is 0 Å². The van der Waals surface area contributed by atoms with Gasteiger partial charge in [0.1, 0.15) is 11.4 Å². The summed E-state index contributed by atoms with van der Waals surface area (Å²) in [5.74, 6) is 1.42. The van der Waals surface area contributed by atoms with Crippen LogP contribution in [0.4, 0.5) is 11.8 Å². The summed E-state index contributed by atoms with van der Waals surface area (Å²) >= 11 is 0. The molecule has 0 saturated carbocycles. The molecule has 0 radical (unpaired) electrons. The molecule has 5 nitrogen and oxygen atoms in total. The van der Waals surface area contributed by atoms with Crippen molar-refractivity contribution in [3.63, 3.8) is 0 Å². The van der Waals surface area contributed by atoms with E-state index in [-0.39, 0.29) is 11.5 Å². The number of hydrogen-bond acceptors (Lipinski definition) is 5. The lowest BCUT2D eigenvalue weighted by Crippen LogP contribution is -2.27. The molecule has 0 aliphatic carbocycles. The smallest absolute Gasteiger partial charge is 0.225 e. The van der Waals surface area contributed by atoms with Crippen molar-refractivity contribution in [2.75, 3.05) is 17.6 Å². The van der Waals surface area contributed by atoms with E-state index in [1.54, 1.807) is 6.07 Å². The maximum Gasteiger partial charge on any atom is 0.225 e. The predicted octanol–water partition coefficient (Wildman–Crippen LogP) is 2.06. The minimum Gasteiger partial charge on any atom is -0.471 e. The summed E-state index contributed by atoms with van der Waals surface area (Å²) in [5, 5.41) is 3.08. The molecular weight excluding hydrogens is 204 g/mol. The van der Waals surface area contributed by atoms with Crippen molar-refractivity contribution in [2.45, 2.75) is 39.7 Å². The van der Waals surface area contributed by atoms with E-state index in [0.717, 1.165) is 13.0 Å². The van der Waals surface area contributed by atoms with Crippen LogP contribution in [0.1, 0.15) is 34.1 Å². The van der Waals surface area contributed by atoms with Gasteiger partial charge in [-0.1, -0.05) is 6.92 Å². The normalized spacial score (nSPS) is 11.2. The van der Waals surface area contributed by atoms with Crippen LogP contribution in [0.3, 0.4) is 0 Å². The van der Waals surface area contributed by atoms with Crippen LogP contribution in [-0.4, -0.2) is 22.1 Å². The molecule has 0 bridgehead atoms. The minimum absolute atomic E-state index is 0.223. The quantitative estimate of drug-likeness (QED) is 0.800. The molecule has 0 spiro atoms. The third-order valence-corrected chi connectivity index (χ3v) is 2.31. The first-order valence-corrected chi connectivity index (χ1v) is 5.54. The van der Waals surface area contributed by atoms with Gasteiger partial charge in [-0.05, 0) is 27.2 Å². The molecule has 5 heteroatoms. The summed E-state index contributed by atoms with van der Waals surface area (Å²) in [6, 6.07) is 1.76. The van der Waals surface area contributed by atoms with Gasteiger partial charge in [-0.2, -0.15) is 9.97 Å². The van der Waals surface area contributed by atoms with Gasteiger partial charge in [0.05, 0.1) is 0 Å². The van der Waals surface area contributed by atoms with E-state index in [2.05, 4.69) is 22.2 Å². The zero-order chi connectivity index (χ0) is 12.2. The Labute approximate surface area is 96.4 Å². The second-order valence-corrected chi connectivity index (χ2v) is 4.20. The molecule has 0 aromatic carbocycles. The van der Waals surface area contributed by atoms with Crippen molar-refractivity contribution in [3.8, 4) is 5.88 Å². The average molecular weight is 224 g/mol. The summed E-state index contributed by atoms with van der Waals surface area (Å²) in [5.41, 5.74) is 5.36. The summed E-state index contributed by atoms with van der Waals surface area (Å²) in [7, 11) is 0. The number of nitrogens with two attached hydrogens (primary N) is 1. The fourth-order valence-electron chi connectivity index (χ4n) is 1.12. The molecule has 1 aromatic rings. The van der Waals surface area contributed by atoms with E-state index in [4.69, 9.17) is 10.5 Å². The molecule has 90 valence electrons. The van der Waals surface area contributed by atoms with Crippen LogP contribution in [0, 0.1) is 0 Å². The number of nitrogens with one attached hydrogen (secondary N) is 1. The largest absolute Gasteiger partial charge is 0.471 e. The van der Waals surface area contributed by atoms with Gasteiger partial charge >= 0.3 is 0 Å². The van der Waals surface area contributed by atoms with Gasteiger partial charge in [0.15, 0.2) is 0 Å². The van der Waals surface area contributed by atoms with E-state index in [0.29, 0.717) is 11.7 Å². The van der Waals surface area contributed by atoms with Crippen molar-refractivity contribution >= 4 is 11.8 Å². The van der Waals surface area contributed by atoms with Crippen LogP contribution in [0.2, 0.25) is 0 Å². The lowest BCUT2D eigenvalue weighted by atomic mass is 10.1. The maximum atomic E-state index is 5.75. The highest BCUT2D eigenvalue weighted by atomic mass is 16.5. The molecule has 1 rings (SSSR count). The number of anilines is 2. The Bertz CT molecular complexity index is 352. The molecule has 16 heavy (non-hydrogen) atoms. The van der Waals surface area contributed by atoms with E-state index < -0.39 is 0 Å². The van der Waals surface area contributed by atoms with Crippen LogP contribution in [-0.2, 0) is 0 Å². The Hall–Kier alpha value is -1.52. The number of nitrogens with zero attached hydrogens (tertiary/aromatic N) is 2. The Morgan fingerprint density at radius 3 is 2.62 bits per heavy atom. The summed E-state index contributed by atoms with van der Waals surface area (Å²) < 4.78 is 5.75. The maximum absolute atomic E-state index is 5.75. The molecule has 1 aromatic heterocycles. The van der Waals surface area contributed by atoms with Crippen LogP contribution in [0.5, 0.6) is 5.88 Å². The topological polar surface area (TPSA) is 73.1 Å². The fraction of sp³-hybridized carbons (Fsp3) is 0.636. The Morgan fingerprint density at radius 1 is 1.38 bits per heavy atom. The lowest BCUT2D eigenvalue weighted by molar-refractivity contribution is 0.0992. The van der Waals surface area contributed by atoms with Gasteiger partial charge in [-0.15, -0.1) is 0 Å². The molecule has 0 amide bonds. The average Bonchev–Trinajstić information content (AvgIpc) is 2.16. The van der Waals surface area contributed by atoms with Crippen LogP contribution in [0.25, 0.3) is 0 Å². The van der Waals surface area contributed by atoms with Crippen molar-refractivity contribution in [1.82, 2.24) is 9.97 Å². The SMILES string of the molecule is CCNc1cc(OC(C)(C)CC)nc(N)n1. The molecule has 0 aliphatic rings. The molecule has 0 unspecified atom stereocenters. The Balaban J connectivity index is 2.87. The molecule has 0 atom stereocenters. The number of hydrogen-bond donors (Lipinski definition) is 2. The zero-order valence-electron chi connectivity index (χ0n) is 10.4. The number of aromatic nitrogens is 2. The Morgan fingerprint density at radius 2 is 2.06 bits per heavy atom. The third kappa shape index (κ3) is 3.56. The number of rotatable bonds is 5. The first kappa shape index (κ1) is 12.5. The van der Waals surface area contributed by atoms with Gasteiger partial charge in [-0.25, -0.2) is 0 Å².